The molecule has 5 aliphatic rings. The van der Waals surface area contributed by atoms with Crippen LogP contribution in [0.5, 0.6) is 0 Å². The molecule has 5 aliphatic carbocycles. The lowest BCUT2D eigenvalue weighted by molar-refractivity contribution is -0.183. The fraction of sp³-hybridized carbons (Fsp3) is 0.903. The fourth-order valence-corrected chi connectivity index (χ4v) is 10.2. The predicted molar refractivity (Wildman–Crippen MR) is 146 cm³/mol. The molecule has 3 N–H and O–H groups in total. The lowest BCUT2D eigenvalue weighted by atomic mass is 9.37. The minimum absolute atomic E-state index is 0.250. The van der Waals surface area contributed by atoms with Crippen molar-refractivity contribution < 1.29 is 9.90 Å². The number of allylic oxidation sites excluding steroid dienone is 1. The van der Waals surface area contributed by atoms with Crippen LogP contribution in [-0.2, 0) is 4.79 Å². The molecule has 5 saturated carbocycles. The van der Waals surface area contributed by atoms with Crippen LogP contribution in [0, 0.1) is 51.8 Å². The van der Waals surface area contributed by atoms with Crippen LogP contribution in [0.3, 0.4) is 0 Å². The summed E-state index contributed by atoms with van der Waals surface area (Å²) in [5.74, 6) is 5.74. The molecule has 0 saturated heterocycles. The zero-order valence-corrected chi connectivity index (χ0v) is 23.6. The standard InChI is InChI=1S/C25H43N.C3H6.C2H6.CH2O2/c1-16-18-10-14-25(4)20-9-13-23(2)12-5-6-19(23)17(20)7-8-22(25)24(18,3)15-11-21(16)26;1-3-2;1-2;2-1-3/h16-22H,5-15,26H2,1-4H3;3H,1H2,2H3;1-2H3;1H,(H,2,3)/t16?,17?,18?,19-,20?,21?,22?,23?,24?,25?;;;/m1.../s1. The molecule has 0 aromatic rings. The Morgan fingerprint density at radius 3 is 2.00 bits per heavy atom. The Morgan fingerprint density at radius 1 is 0.853 bits per heavy atom. The van der Waals surface area contributed by atoms with Crippen molar-refractivity contribution in [2.45, 2.75) is 125 Å². The number of hydrogen-bond acceptors (Lipinski definition) is 2. The van der Waals surface area contributed by atoms with Gasteiger partial charge in [-0.05, 0) is 123 Å². The third-order valence-corrected chi connectivity index (χ3v) is 11.6. The molecular formula is C31H57NO2. The molecule has 0 aliphatic heterocycles. The van der Waals surface area contributed by atoms with Crippen LogP contribution in [-0.4, -0.2) is 17.6 Å². The number of hydrogen-bond donors (Lipinski definition) is 2. The number of fused-ring (bicyclic) bond motifs is 7. The maximum atomic E-state index is 8.36. The summed E-state index contributed by atoms with van der Waals surface area (Å²) in [6.45, 7) is 19.6. The molecule has 0 amide bonds. The predicted octanol–water partition coefficient (Wildman–Crippen LogP) is 8.33. The monoisotopic (exact) mass is 475 g/mol. The third kappa shape index (κ3) is 5.02. The van der Waals surface area contributed by atoms with Crippen molar-refractivity contribution in [3.05, 3.63) is 12.7 Å². The second-order valence-electron chi connectivity index (χ2n) is 12.8. The van der Waals surface area contributed by atoms with Gasteiger partial charge >= 0.3 is 0 Å². The summed E-state index contributed by atoms with van der Waals surface area (Å²) in [5.41, 5.74) is 8.43. The first kappa shape index (κ1) is 29.4. The molecule has 0 bridgehead atoms. The van der Waals surface area contributed by atoms with Gasteiger partial charge in [0.15, 0.2) is 0 Å². The van der Waals surface area contributed by atoms with Crippen molar-refractivity contribution in [1.29, 1.82) is 0 Å². The molecule has 198 valence electrons. The van der Waals surface area contributed by atoms with E-state index >= 15 is 0 Å². The van der Waals surface area contributed by atoms with E-state index in [0.29, 0.717) is 22.3 Å². The zero-order valence-electron chi connectivity index (χ0n) is 23.6. The van der Waals surface area contributed by atoms with Gasteiger partial charge in [0.1, 0.15) is 0 Å². The van der Waals surface area contributed by atoms with E-state index in [9.17, 15) is 0 Å². The van der Waals surface area contributed by atoms with E-state index in [1.54, 1.807) is 25.3 Å². The first-order valence-electron chi connectivity index (χ1n) is 14.5. The third-order valence-electron chi connectivity index (χ3n) is 11.6. The molecule has 0 aromatic heterocycles. The van der Waals surface area contributed by atoms with Crippen LogP contribution >= 0.6 is 0 Å². The minimum atomic E-state index is -0.250. The van der Waals surface area contributed by atoms with Crippen LogP contribution in [0.15, 0.2) is 12.7 Å². The van der Waals surface area contributed by atoms with Gasteiger partial charge < -0.3 is 10.8 Å². The van der Waals surface area contributed by atoms with Gasteiger partial charge in [-0.15, -0.1) is 6.58 Å². The van der Waals surface area contributed by atoms with Gasteiger partial charge in [-0.1, -0.05) is 54.0 Å². The zero-order chi connectivity index (χ0) is 25.7. The normalized spacial score (nSPS) is 48.3. The second-order valence-corrected chi connectivity index (χ2v) is 12.8. The van der Waals surface area contributed by atoms with Crippen LogP contribution in [0.1, 0.15) is 119 Å². The highest BCUT2D eigenvalue weighted by molar-refractivity contribution is 5.32. The maximum Gasteiger partial charge on any atom is 0.290 e. The molecule has 0 aromatic carbocycles. The summed E-state index contributed by atoms with van der Waals surface area (Å²) in [7, 11) is 0. The summed E-state index contributed by atoms with van der Waals surface area (Å²) >= 11 is 0. The lowest BCUT2D eigenvalue weighted by Crippen LogP contribution is -2.61. The smallest absolute Gasteiger partial charge is 0.290 e. The molecule has 0 heterocycles. The van der Waals surface area contributed by atoms with Crippen molar-refractivity contribution in [2.24, 2.45) is 57.5 Å². The van der Waals surface area contributed by atoms with Crippen molar-refractivity contribution in [3.63, 3.8) is 0 Å². The van der Waals surface area contributed by atoms with Crippen molar-refractivity contribution >= 4 is 6.47 Å². The van der Waals surface area contributed by atoms with E-state index in [4.69, 9.17) is 15.6 Å². The molecule has 3 heteroatoms. The maximum absolute atomic E-state index is 8.36. The summed E-state index contributed by atoms with van der Waals surface area (Å²) < 4.78 is 0. The minimum Gasteiger partial charge on any atom is -0.483 e. The van der Waals surface area contributed by atoms with Gasteiger partial charge in [0.2, 0.25) is 0 Å². The average Bonchev–Trinajstić information content (AvgIpc) is 3.21. The van der Waals surface area contributed by atoms with E-state index in [0.717, 1.165) is 35.5 Å². The topological polar surface area (TPSA) is 63.3 Å². The fourth-order valence-electron chi connectivity index (χ4n) is 10.2. The van der Waals surface area contributed by atoms with E-state index in [-0.39, 0.29) is 6.47 Å². The van der Waals surface area contributed by atoms with Gasteiger partial charge in [-0.2, -0.15) is 0 Å². The van der Waals surface area contributed by atoms with Crippen LogP contribution in [0.2, 0.25) is 0 Å². The molecule has 3 nitrogen and oxygen atoms in total. The Bertz CT molecular complexity index is 658. The first-order valence-corrected chi connectivity index (χ1v) is 14.5. The Morgan fingerprint density at radius 2 is 1.38 bits per heavy atom. The highest BCUT2D eigenvalue weighted by Gasteiger charge is 2.63. The quantitative estimate of drug-likeness (QED) is 0.273. The average molecular weight is 476 g/mol. The molecule has 34 heavy (non-hydrogen) atoms. The van der Waals surface area contributed by atoms with Crippen molar-refractivity contribution in [2.75, 3.05) is 0 Å². The van der Waals surface area contributed by atoms with E-state index in [1.165, 1.54) is 51.4 Å². The van der Waals surface area contributed by atoms with E-state index in [1.807, 2.05) is 20.8 Å². The van der Waals surface area contributed by atoms with Gasteiger partial charge in [0, 0.05) is 6.04 Å². The number of carbonyl (C=O) groups is 1. The molecule has 10 atom stereocenters. The summed E-state index contributed by atoms with van der Waals surface area (Å²) in [5, 5.41) is 6.89. The molecule has 5 rings (SSSR count). The second kappa shape index (κ2) is 11.9. The Kier molecular flexibility index (Phi) is 10.3. The molecule has 9 unspecified atom stereocenters. The summed E-state index contributed by atoms with van der Waals surface area (Å²) in [6, 6.07) is 0.461. The van der Waals surface area contributed by atoms with Gasteiger partial charge in [0.05, 0.1) is 0 Å². The van der Waals surface area contributed by atoms with E-state index < -0.39 is 0 Å². The summed E-state index contributed by atoms with van der Waals surface area (Å²) in [6.07, 6.45) is 18.1. The van der Waals surface area contributed by atoms with Crippen molar-refractivity contribution in [3.8, 4) is 0 Å². The Labute approximate surface area is 211 Å². The number of rotatable bonds is 0. The van der Waals surface area contributed by atoms with E-state index in [2.05, 4.69) is 34.3 Å². The molecular weight excluding hydrogens is 418 g/mol. The van der Waals surface area contributed by atoms with Crippen LogP contribution < -0.4 is 5.73 Å². The van der Waals surface area contributed by atoms with Gasteiger partial charge in [-0.25, -0.2) is 0 Å². The Balaban J connectivity index is 0.000000456. The van der Waals surface area contributed by atoms with Crippen LogP contribution in [0.4, 0.5) is 0 Å². The molecule has 0 radical (unpaired) electrons. The largest absolute Gasteiger partial charge is 0.483 e. The van der Waals surface area contributed by atoms with Gasteiger partial charge in [0.25, 0.3) is 6.47 Å². The first-order chi connectivity index (χ1) is 16.1. The van der Waals surface area contributed by atoms with Crippen molar-refractivity contribution in [1.82, 2.24) is 0 Å². The highest BCUT2D eigenvalue weighted by atomic mass is 16.3. The van der Waals surface area contributed by atoms with Gasteiger partial charge in [-0.3, -0.25) is 4.79 Å². The molecule has 0 spiro atoms. The lowest BCUT2D eigenvalue weighted by Gasteiger charge is -2.67. The highest BCUT2D eigenvalue weighted by Crippen LogP contribution is 2.71. The summed E-state index contributed by atoms with van der Waals surface area (Å²) in [4.78, 5) is 8.36. The molecule has 5 fully saturated rings. The Hall–Kier alpha value is -0.830. The number of nitrogens with two attached hydrogens (primary N) is 1. The number of carboxylic acid groups (broad SMARTS) is 1. The SMILES string of the molecule is C=CC.CC.CC1C(N)CCC2(C)C1CCC1(C)C3CCC4(C)CCC[C@@H]4C3CCC21.O=CO. The van der Waals surface area contributed by atoms with Crippen LogP contribution in [0.25, 0.3) is 0 Å².